The fourth-order valence-electron chi connectivity index (χ4n) is 2.12. The number of rotatable bonds is 3. The number of hydrogen-bond donors (Lipinski definition) is 1. The Morgan fingerprint density at radius 3 is 3.00 bits per heavy atom. The Hall–Kier alpha value is -1.55. The van der Waals surface area contributed by atoms with Gasteiger partial charge in [0.15, 0.2) is 6.61 Å². The topological polar surface area (TPSA) is 49.8 Å². The van der Waals surface area contributed by atoms with E-state index < -0.39 is 6.10 Å². The number of aryl methyl sites for hydroxylation is 1. The van der Waals surface area contributed by atoms with E-state index in [1.165, 1.54) is 10.5 Å². The summed E-state index contributed by atoms with van der Waals surface area (Å²) in [6.07, 6.45) is 2.42. The molecule has 0 bridgehead atoms. The van der Waals surface area contributed by atoms with E-state index in [2.05, 4.69) is 0 Å². The van der Waals surface area contributed by atoms with Crippen LogP contribution in [0.2, 0.25) is 0 Å². The Labute approximate surface area is 107 Å². The summed E-state index contributed by atoms with van der Waals surface area (Å²) in [5, 5.41) is 9.92. The van der Waals surface area contributed by atoms with E-state index in [9.17, 15) is 9.90 Å². The lowest BCUT2D eigenvalue weighted by atomic mass is 9.89. The highest BCUT2D eigenvalue weighted by atomic mass is 16.5. The summed E-state index contributed by atoms with van der Waals surface area (Å²) in [5.41, 5.74) is 2.12. The normalized spacial score (nSPS) is 18.1. The number of nitrogens with zero attached hydrogens (tertiary/aromatic N) is 1. The van der Waals surface area contributed by atoms with Crippen LogP contribution in [-0.2, 0) is 11.2 Å². The Bertz CT molecular complexity index is 443. The van der Waals surface area contributed by atoms with Gasteiger partial charge in [-0.1, -0.05) is 6.07 Å². The number of hydrogen-bond acceptors (Lipinski definition) is 3. The molecule has 0 saturated heterocycles. The van der Waals surface area contributed by atoms with Gasteiger partial charge in [-0.25, -0.2) is 0 Å². The third-order valence-electron chi connectivity index (χ3n) is 3.26. The van der Waals surface area contributed by atoms with Gasteiger partial charge in [-0.3, -0.25) is 4.79 Å². The van der Waals surface area contributed by atoms with Crippen molar-refractivity contribution in [3.8, 4) is 5.75 Å². The fraction of sp³-hybridized carbons (Fsp3) is 0.500. The minimum Gasteiger partial charge on any atom is -0.484 e. The fourth-order valence-corrected chi connectivity index (χ4v) is 2.12. The van der Waals surface area contributed by atoms with Gasteiger partial charge >= 0.3 is 0 Å². The molecule has 2 rings (SSSR count). The second kappa shape index (κ2) is 5.40. The molecule has 18 heavy (non-hydrogen) atoms. The molecule has 0 aliphatic heterocycles. The van der Waals surface area contributed by atoms with Gasteiger partial charge in [0.05, 0.1) is 6.10 Å². The van der Waals surface area contributed by atoms with Crippen LogP contribution in [0.1, 0.15) is 30.1 Å². The maximum absolute atomic E-state index is 11.4. The van der Waals surface area contributed by atoms with Crippen molar-refractivity contribution in [1.82, 2.24) is 4.90 Å². The zero-order valence-corrected chi connectivity index (χ0v) is 10.8. The first-order valence-electron chi connectivity index (χ1n) is 6.22. The molecule has 1 atom stereocenters. The molecular formula is C14H19NO3. The first-order valence-corrected chi connectivity index (χ1v) is 6.22. The summed E-state index contributed by atoms with van der Waals surface area (Å²) in [6.45, 7) is 0.0296. The van der Waals surface area contributed by atoms with E-state index in [0.29, 0.717) is 5.75 Å². The molecular weight excluding hydrogens is 230 g/mol. The summed E-state index contributed by atoms with van der Waals surface area (Å²) < 4.78 is 5.44. The molecule has 98 valence electrons. The van der Waals surface area contributed by atoms with Crippen molar-refractivity contribution in [2.24, 2.45) is 0 Å². The van der Waals surface area contributed by atoms with Gasteiger partial charge in [0.2, 0.25) is 0 Å². The second-order valence-corrected chi connectivity index (χ2v) is 4.85. The highest BCUT2D eigenvalue weighted by Gasteiger charge is 2.18. The van der Waals surface area contributed by atoms with E-state index >= 15 is 0 Å². The van der Waals surface area contributed by atoms with Gasteiger partial charge in [0.25, 0.3) is 5.91 Å². The third-order valence-corrected chi connectivity index (χ3v) is 3.26. The van der Waals surface area contributed by atoms with Gasteiger partial charge in [-0.05, 0) is 42.5 Å². The van der Waals surface area contributed by atoms with Gasteiger partial charge in [-0.15, -0.1) is 0 Å². The van der Waals surface area contributed by atoms with E-state index in [1.54, 1.807) is 14.1 Å². The molecule has 0 heterocycles. The van der Waals surface area contributed by atoms with Gasteiger partial charge in [-0.2, -0.15) is 0 Å². The predicted molar refractivity (Wildman–Crippen MR) is 68.5 cm³/mol. The van der Waals surface area contributed by atoms with Crippen molar-refractivity contribution in [1.29, 1.82) is 0 Å². The zero-order chi connectivity index (χ0) is 13.1. The van der Waals surface area contributed by atoms with Crippen LogP contribution in [0.4, 0.5) is 0 Å². The minimum atomic E-state index is -0.401. The molecule has 0 spiro atoms. The van der Waals surface area contributed by atoms with E-state index in [1.807, 2.05) is 18.2 Å². The number of carbonyl (C=O) groups excluding carboxylic acids is 1. The van der Waals surface area contributed by atoms with Crippen molar-refractivity contribution >= 4 is 5.91 Å². The lowest BCUT2D eigenvalue weighted by molar-refractivity contribution is -0.130. The van der Waals surface area contributed by atoms with Crippen LogP contribution in [0.25, 0.3) is 0 Å². The number of likely N-dealkylation sites (N-methyl/N-ethyl adjacent to an activating group) is 1. The van der Waals surface area contributed by atoms with Gasteiger partial charge in [0, 0.05) is 14.1 Å². The summed E-state index contributed by atoms with van der Waals surface area (Å²) >= 11 is 0. The Morgan fingerprint density at radius 1 is 1.50 bits per heavy atom. The lowest BCUT2D eigenvalue weighted by Gasteiger charge is -2.22. The number of amides is 1. The molecule has 1 aliphatic carbocycles. The first-order chi connectivity index (χ1) is 8.58. The Morgan fingerprint density at radius 2 is 2.28 bits per heavy atom. The lowest BCUT2D eigenvalue weighted by Crippen LogP contribution is -2.27. The second-order valence-electron chi connectivity index (χ2n) is 4.85. The smallest absolute Gasteiger partial charge is 0.259 e. The van der Waals surface area contributed by atoms with Crippen LogP contribution >= 0.6 is 0 Å². The summed E-state index contributed by atoms with van der Waals surface area (Å²) in [4.78, 5) is 12.9. The van der Waals surface area contributed by atoms with Crippen LogP contribution in [0.15, 0.2) is 18.2 Å². The van der Waals surface area contributed by atoms with Crippen molar-refractivity contribution < 1.29 is 14.6 Å². The number of ether oxygens (including phenoxy) is 1. The minimum absolute atomic E-state index is 0.0296. The molecule has 1 aliphatic rings. The quantitative estimate of drug-likeness (QED) is 0.883. The molecule has 4 heteroatoms. The SMILES string of the molecule is CN(C)C(=O)COc1ccc2c(c1)[C@H](O)CCC2. The van der Waals surface area contributed by atoms with Crippen LogP contribution in [0.3, 0.4) is 0 Å². The molecule has 1 amide bonds. The highest BCUT2D eigenvalue weighted by molar-refractivity contribution is 5.77. The predicted octanol–water partition coefficient (Wildman–Crippen LogP) is 1.52. The van der Waals surface area contributed by atoms with Crippen LogP contribution in [0, 0.1) is 0 Å². The van der Waals surface area contributed by atoms with E-state index in [-0.39, 0.29) is 12.5 Å². The summed E-state index contributed by atoms with van der Waals surface area (Å²) in [7, 11) is 3.39. The summed E-state index contributed by atoms with van der Waals surface area (Å²) in [6, 6.07) is 5.69. The molecule has 0 aromatic heterocycles. The largest absolute Gasteiger partial charge is 0.484 e. The van der Waals surface area contributed by atoms with Crippen molar-refractivity contribution in [3.05, 3.63) is 29.3 Å². The van der Waals surface area contributed by atoms with Crippen LogP contribution in [-0.4, -0.2) is 36.6 Å². The molecule has 1 aromatic carbocycles. The Kier molecular flexibility index (Phi) is 3.87. The molecule has 0 radical (unpaired) electrons. The van der Waals surface area contributed by atoms with Crippen LogP contribution in [0.5, 0.6) is 5.75 Å². The number of aliphatic hydroxyl groups is 1. The molecule has 1 N–H and O–H groups in total. The number of aliphatic hydroxyl groups excluding tert-OH is 1. The Balaban J connectivity index is 2.06. The molecule has 1 aromatic rings. The first kappa shape index (κ1) is 12.9. The zero-order valence-electron chi connectivity index (χ0n) is 10.8. The average Bonchev–Trinajstić information content (AvgIpc) is 2.36. The maximum atomic E-state index is 11.4. The standard InChI is InChI=1S/C14H19NO3/c1-15(2)14(17)9-18-11-7-6-10-4-3-5-13(16)12(10)8-11/h6-8,13,16H,3-5,9H2,1-2H3/t13-/m1/s1. The molecule has 0 fully saturated rings. The van der Waals surface area contributed by atoms with Crippen molar-refractivity contribution in [2.75, 3.05) is 20.7 Å². The van der Waals surface area contributed by atoms with E-state index in [4.69, 9.17) is 4.74 Å². The molecule has 0 unspecified atom stereocenters. The summed E-state index contributed by atoms with van der Waals surface area (Å²) in [5.74, 6) is 0.568. The van der Waals surface area contributed by atoms with Crippen molar-refractivity contribution in [3.63, 3.8) is 0 Å². The van der Waals surface area contributed by atoms with Gasteiger partial charge < -0.3 is 14.7 Å². The number of benzene rings is 1. The molecule has 0 saturated carbocycles. The maximum Gasteiger partial charge on any atom is 0.259 e. The average molecular weight is 249 g/mol. The van der Waals surface area contributed by atoms with E-state index in [0.717, 1.165) is 24.8 Å². The highest BCUT2D eigenvalue weighted by Crippen LogP contribution is 2.32. The third kappa shape index (κ3) is 2.82. The van der Waals surface area contributed by atoms with Gasteiger partial charge in [0.1, 0.15) is 5.75 Å². The number of fused-ring (bicyclic) bond motifs is 1. The molecule has 4 nitrogen and oxygen atoms in total. The number of carbonyl (C=O) groups is 1. The van der Waals surface area contributed by atoms with Crippen LogP contribution < -0.4 is 4.74 Å². The monoisotopic (exact) mass is 249 g/mol. The van der Waals surface area contributed by atoms with Crippen molar-refractivity contribution in [2.45, 2.75) is 25.4 Å².